The number of aryl methyl sites for hydroxylation is 6. The first-order valence-corrected chi connectivity index (χ1v) is 17.7. The van der Waals surface area contributed by atoms with Crippen LogP contribution in [0.25, 0.3) is 22.3 Å². The first kappa shape index (κ1) is 38.6. The Kier molecular flexibility index (Phi) is 12.2. The molecule has 6 heterocycles. The van der Waals surface area contributed by atoms with Crippen molar-refractivity contribution >= 4 is 57.1 Å². The van der Waals surface area contributed by atoms with Gasteiger partial charge in [-0.05, 0) is 48.2 Å². The maximum atomic E-state index is 12.3. The van der Waals surface area contributed by atoms with Gasteiger partial charge in [-0.15, -0.1) is 21.8 Å². The Labute approximate surface area is 324 Å². The molecule has 0 radical (unpaired) electrons. The second kappa shape index (κ2) is 17.4. The van der Waals surface area contributed by atoms with Gasteiger partial charge in [0.05, 0.1) is 38.4 Å². The van der Waals surface area contributed by atoms with Gasteiger partial charge in [-0.25, -0.2) is 29.5 Å². The number of rotatable bonds is 9. The van der Waals surface area contributed by atoms with Crippen LogP contribution in [0.4, 0.5) is 0 Å². The second-order valence-corrected chi connectivity index (χ2v) is 13.0. The largest absolute Gasteiger partial charge is 0.437 e. The Bertz CT molecular complexity index is 2780. The lowest BCUT2D eigenvalue weighted by Gasteiger charge is -2.01. The van der Waals surface area contributed by atoms with Gasteiger partial charge in [0.15, 0.2) is 22.3 Å². The topological polar surface area (TPSA) is 212 Å². The first-order valence-electron chi connectivity index (χ1n) is 16.4. The van der Waals surface area contributed by atoms with Crippen molar-refractivity contribution in [1.29, 1.82) is 0 Å². The Balaban J connectivity index is 0.000000156. The number of H-pyrrole nitrogens is 1. The van der Waals surface area contributed by atoms with Gasteiger partial charge in [-0.3, -0.25) is 9.59 Å². The van der Waals surface area contributed by atoms with Crippen molar-refractivity contribution in [1.82, 2.24) is 58.2 Å². The van der Waals surface area contributed by atoms with Crippen LogP contribution in [0.3, 0.4) is 0 Å². The molecule has 55 heavy (non-hydrogen) atoms. The van der Waals surface area contributed by atoms with Crippen LogP contribution in [0.5, 0.6) is 0 Å². The van der Waals surface area contributed by atoms with Crippen LogP contribution in [-0.4, -0.2) is 58.2 Å². The highest BCUT2D eigenvalue weighted by molar-refractivity contribution is 6.30. The Morgan fingerprint density at radius 3 is 1.73 bits per heavy atom. The smallest absolute Gasteiger partial charge is 0.391 e. The Hall–Kier alpha value is -6.11. The average Bonchev–Trinajstić information content (AvgIpc) is 3.98. The number of hydrogen-bond acceptors (Lipinski definition) is 12. The number of aromatic amines is 1. The van der Waals surface area contributed by atoms with Gasteiger partial charge in [-0.2, -0.15) is 9.36 Å². The van der Waals surface area contributed by atoms with E-state index in [4.69, 9.17) is 43.6 Å². The van der Waals surface area contributed by atoms with Gasteiger partial charge in [0.1, 0.15) is 12.4 Å². The fourth-order valence-corrected chi connectivity index (χ4v) is 5.45. The number of nitrogens with zero attached hydrogens (tertiary/aromatic N) is 11. The lowest BCUT2D eigenvalue weighted by atomic mass is 10.1. The summed E-state index contributed by atoms with van der Waals surface area (Å²) in [5, 5.41) is 9.50. The molecule has 6 aromatic heterocycles. The molecule has 0 fully saturated rings. The minimum atomic E-state index is -0.547. The van der Waals surface area contributed by atoms with Gasteiger partial charge in [0.2, 0.25) is 11.8 Å². The highest BCUT2D eigenvalue weighted by Crippen LogP contribution is 2.12. The fraction of sp³-hybridized carbons (Fsp3) is 0.235. The summed E-state index contributed by atoms with van der Waals surface area (Å²) in [5.74, 6) is -0.485. The first-order chi connectivity index (χ1) is 26.5. The lowest BCUT2D eigenvalue weighted by molar-refractivity contribution is 0.438. The van der Waals surface area contributed by atoms with Crippen LogP contribution in [0.2, 0.25) is 10.0 Å². The summed E-state index contributed by atoms with van der Waals surface area (Å²) in [6.45, 7) is 0.944. The van der Waals surface area contributed by atoms with Gasteiger partial charge in [-0.1, -0.05) is 47.5 Å². The molecule has 0 saturated heterocycles. The zero-order valence-electron chi connectivity index (χ0n) is 29.2. The summed E-state index contributed by atoms with van der Waals surface area (Å²) < 4.78 is 16.9. The molecule has 1 N–H and O–H groups in total. The van der Waals surface area contributed by atoms with E-state index in [1.807, 2.05) is 36.4 Å². The zero-order valence-corrected chi connectivity index (χ0v) is 31.4. The molecule has 0 bridgehead atoms. The van der Waals surface area contributed by atoms with Gasteiger partial charge >= 0.3 is 11.5 Å². The van der Waals surface area contributed by atoms with Crippen LogP contribution < -0.4 is 22.6 Å². The molecule has 21 heteroatoms. The molecule has 284 valence electrons. The number of nitrogens with one attached hydrogen (secondary N) is 1. The van der Waals surface area contributed by atoms with E-state index in [1.165, 1.54) is 43.8 Å². The Morgan fingerprint density at radius 2 is 1.16 bits per heavy atom. The van der Waals surface area contributed by atoms with Crippen LogP contribution >= 0.6 is 34.8 Å². The minimum Gasteiger partial charge on any atom is -0.391 e. The van der Waals surface area contributed by atoms with Gasteiger partial charge in [0.25, 0.3) is 11.1 Å². The van der Waals surface area contributed by atoms with E-state index in [1.54, 1.807) is 30.8 Å². The molecule has 0 saturated carbocycles. The highest BCUT2D eigenvalue weighted by Gasteiger charge is 2.14. The van der Waals surface area contributed by atoms with E-state index in [2.05, 4.69) is 35.1 Å². The number of imidazole rings is 2. The maximum Gasteiger partial charge on any atom is 0.437 e. The molecular weight excluding hydrogens is 779 g/mol. The van der Waals surface area contributed by atoms with Crippen molar-refractivity contribution < 1.29 is 8.83 Å². The number of benzene rings is 2. The van der Waals surface area contributed by atoms with Crippen molar-refractivity contribution in [3.8, 4) is 0 Å². The quantitative estimate of drug-likeness (QED) is 0.208. The molecule has 0 aliphatic rings. The summed E-state index contributed by atoms with van der Waals surface area (Å²) in [4.78, 5) is 65.6. The number of aromatic nitrogens is 12. The van der Waals surface area contributed by atoms with Gasteiger partial charge in [0, 0.05) is 24.1 Å². The SMILES string of the molecule is Cn1cnc2nc[nH]c2c1=O.Cn1cnc2ncn(Cc3nn(CCc4ccc(Cl)cc4)c(=O)o3)c2c1=O.O=c1oc(CCl)nn1CCc1ccc(Cl)cc1. The number of alkyl halides is 1. The van der Waals surface area contributed by atoms with Crippen molar-refractivity contribution in [3.05, 3.63) is 149 Å². The summed E-state index contributed by atoms with van der Waals surface area (Å²) in [7, 11) is 3.26. The minimum absolute atomic E-state index is 0.100. The zero-order chi connectivity index (χ0) is 39.1. The van der Waals surface area contributed by atoms with Crippen LogP contribution in [0, 0.1) is 0 Å². The van der Waals surface area contributed by atoms with Crippen molar-refractivity contribution in [2.45, 2.75) is 38.4 Å². The standard InChI is InChI=1S/C17H15ClN6O3.C11H10Cl2N2O2.C6H6N4O/c1-22-9-19-15-14(16(22)25)23(10-20-15)8-13-21-24(17(26)27-13)7-6-11-2-4-12(18)5-3-11;12-7-10-14-15(11(16)17-10)6-5-8-1-3-9(13)4-2-8;1-10-3-9-5-4(6(10)11)7-2-8-5/h2-5,9-10H,6-8H2,1H3;1-4H,5-7H2;2-3H,1H3,(H,7,8). The van der Waals surface area contributed by atoms with Crippen LogP contribution in [0.1, 0.15) is 22.9 Å². The summed E-state index contributed by atoms with van der Waals surface area (Å²) in [6, 6.07) is 14.8. The lowest BCUT2D eigenvalue weighted by Crippen LogP contribution is -2.19. The molecule has 0 spiro atoms. The third kappa shape index (κ3) is 9.53. The molecule has 2 aromatic carbocycles. The summed E-state index contributed by atoms with van der Waals surface area (Å²) in [6.07, 6.45) is 7.09. The highest BCUT2D eigenvalue weighted by atomic mass is 35.5. The fourth-order valence-electron chi connectivity index (χ4n) is 5.09. The van der Waals surface area contributed by atoms with Gasteiger partial charge < -0.3 is 27.5 Å². The number of halogens is 3. The van der Waals surface area contributed by atoms with Crippen molar-refractivity contribution in [2.75, 3.05) is 0 Å². The third-order valence-corrected chi connectivity index (χ3v) is 8.70. The molecule has 8 aromatic rings. The van der Waals surface area contributed by atoms with Crippen molar-refractivity contribution in [2.24, 2.45) is 14.1 Å². The van der Waals surface area contributed by atoms with E-state index in [0.717, 1.165) is 11.1 Å². The molecule has 0 unspecified atom stereocenters. The summed E-state index contributed by atoms with van der Waals surface area (Å²) in [5.41, 5.74) is 3.36. The summed E-state index contributed by atoms with van der Waals surface area (Å²) >= 11 is 17.2. The predicted molar refractivity (Wildman–Crippen MR) is 202 cm³/mol. The van der Waals surface area contributed by atoms with E-state index in [9.17, 15) is 19.2 Å². The van der Waals surface area contributed by atoms with Crippen molar-refractivity contribution in [3.63, 3.8) is 0 Å². The molecule has 0 aliphatic carbocycles. The van der Waals surface area contributed by atoms with Crippen LogP contribution in [-0.2, 0) is 52.5 Å². The van der Waals surface area contributed by atoms with E-state index in [-0.39, 0.29) is 35.3 Å². The predicted octanol–water partition coefficient (Wildman–Crippen LogP) is 3.35. The number of fused-ring (bicyclic) bond motifs is 2. The number of hydrogen-bond donors (Lipinski definition) is 1. The van der Waals surface area contributed by atoms with E-state index in [0.29, 0.717) is 58.3 Å². The molecule has 0 aliphatic heterocycles. The second-order valence-electron chi connectivity index (χ2n) is 11.8. The van der Waals surface area contributed by atoms with Crippen LogP contribution in [0.15, 0.2) is 102 Å². The molecule has 18 nitrogen and oxygen atoms in total. The third-order valence-electron chi connectivity index (χ3n) is 7.97. The molecular formula is C34H31Cl3N12O6. The van der Waals surface area contributed by atoms with E-state index >= 15 is 0 Å². The molecule has 0 amide bonds. The normalized spacial score (nSPS) is 11.0. The van der Waals surface area contributed by atoms with E-state index < -0.39 is 11.5 Å². The Morgan fingerprint density at radius 1 is 0.655 bits per heavy atom. The average molecular weight is 810 g/mol. The molecule has 0 atom stereocenters. The molecule has 8 rings (SSSR count). The monoisotopic (exact) mass is 808 g/mol. The maximum absolute atomic E-state index is 12.3.